The number of amides is 1. The number of hydrogen-bond donors (Lipinski definition) is 1. The zero-order chi connectivity index (χ0) is 18.6. The van der Waals surface area contributed by atoms with Crippen molar-refractivity contribution in [3.05, 3.63) is 65.6 Å². The first-order valence-corrected chi connectivity index (χ1v) is 9.69. The molecule has 1 aromatic carbocycles. The van der Waals surface area contributed by atoms with Crippen LogP contribution < -0.4 is 10.2 Å². The molecule has 1 N–H and O–H groups in total. The lowest BCUT2D eigenvalue weighted by Crippen LogP contribution is -2.48. The van der Waals surface area contributed by atoms with Gasteiger partial charge in [-0.2, -0.15) is 0 Å². The molecule has 1 saturated heterocycles. The van der Waals surface area contributed by atoms with Crippen LogP contribution in [0.25, 0.3) is 10.4 Å². The highest BCUT2D eigenvalue weighted by atomic mass is 32.1. The fraction of sp³-hybridized carbons (Fsp3) is 0.250. The standard InChI is InChI=1S/C20H19FN4OS/c21-15-6-4-14(5-7-15)17-8-9-18(27-17)19(26)24-16-3-1-12-25(13-16)20-22-10-2-11-23-20/h2,4-11,16H,1,3,12-13H2,(H,24,26). The molecule has 7 heteroatoms. The predicted molar refractivity (Wildman–Crippen MR) is 104 cm³/mol. The van der Waals surface area contributed by atoms with E-state index in [4.69, 9.17) is 0 Å². The molecule has 27 heavy (non-hydrogen) atoms. The van der Waals surface area contributed by atoms with Crippen LogP contribution in [0.3, 0.4) is 0 Å². The summed E-state index contributed by atoms with van der Waals surface area (Å²) in [4.78, 5) is 24.9. The summed E-state index contributed by atoms with van der Waals surface area (Å²) in [5, 5.41) is 3.12. The fourth-order valence-electron chi connectivity index (χ4n) is 3.22. The number of carbonyl (C=O) groups excluding carboxylic acids is 1. The molecular weight excluding hydrogens is 363 g/mol. The van der Waals surface area contributed by atoms with E-state index in [1.807, 2.05) is 12.1 Å². The molecule has 3 heterocycles. The molecule has 3 aromatic rings. The van der Waals surface area contributed by atoms with Crippen LogP contribution in [-0.2, 0) is 0 Å². The van der Waals surface area contributed by atoms with Crippen molar-refractivity contribution in [2.45, 2.75) is 18.9 Å². The number of nitrogens with one attached hydrogen (secondary N) is 1. The van der Waals surface area contributed by atoms with Gasteiger partial charge in [0, 0.05) is 36.4 Å². The van der Waals surface area contributed by atoms with E-state index in [1.165, 1.54) is 23.5 Å². The summed E-state index contributed by atoms with van der Waals surface area (Å²) in [6.45, 7) is 1.59. The number of benzene rings is 1. The largest absolute Gasteiger partial charge is 0.347 e. The normalized spacial score (nSPS) is 16.9. The lowest BCUT2D eigenvalue weighted by molar-refractivity contribution is 0.0937. The van der Waals surface area contributed by atoms with Gasteiger partial charge in [0.05, 0.1) is 4.88 Å². The van der Waals surface area contributed by atoms with Crippen LogP contribution in [0, 0.1) is 5.82 Å². The second kappa shape index (κ2) is 7.84. The van der Waals surface area contributed by atoms with Crippen LogP contribution in [0.1, 0.15) is 22.5 Å². The second-order valence-corrected chi connectivity index (χ2v) is 7.56. The van der Waals surface area contributed by atoms with Gasteiger partial charge in [0.2, 0.25) is 5.95 Å². The van der Waals surface area contributed by atoms with E-state index >= 15 is 0 Å². The zero-order valence-electron chi connectivity index (χ0n) is 14.6. The molecular formula is C20H19FN4OS. The van der Waals surface area contributed by atoms with Crippen molar-refractivity contribution >= 4 is 23.2 Å². The van der Waals surface area contributed by atoms with Gasteiger partial charge in [-0.1, -0.05) is 12.1 Å². The Labute approximate surface area is 160 Å². The summed E-state index contributed by atoms with van der Waals surface area (Å²) in [7, 11) is 0. The molecule has 1 aliphatic heterocycles. The number of carbonyl (C=O) groups is 1. The summed E-state index contributed by atoms with van der Waals surface area (Å²) < 4.78 is 13.1. The predicted octanol–water partition coefficient (Wildman–Crippen LogP) is 3.74. The van der Waals surface area contributed by atoms with Crippen molar-refractivity contribution in [1.82, 2.24) is 15.3 Å². The van der Waals surface area contributed by atoms with Crippen molar-refractivity contribution in [2.75, 3.05) is 18.0 Å². The molecule has 1 atom stereocenters. The summed E-state index contributed by atoms with van der Waals surface area (Å²) in [6.07, 6.45) is 5.38. The van der Waals surface area contributed by atoms with Crippen molar-refractivity contribution in [2.24, 2.45) is 0 Å². The molecule has 5 nitrogen and oxygen atoms in total. The summed E-state index contributed by atoms with van der Waals surface area (Å²) in [5.74, 6) is 0.359. The average molecular weight is 382 g/mol. The Balaban J connectivity index is 1.41. The molecule has 1 fully saturated rings. The monoisotopic (exact) mass is 382 g/mol. The third kappa shape index (κ3) is 4.14. The Bertz CT molecular complexity index is 913. The average Bonchev–Trinajstić information content (AvgIpc) is 3.20. The number of nitrogens with zero attached hydrogens (tertiary/aromatic N) is 3. The molecule has 138 valence electrons. The van der Waals surface area contributed by atoms with Crippen LogP contribution in [0.4, 0.5) is 10.3 Å². The molecule has 1 unspecified atom stereocenters. The molecule has 0 aliphatic carbocycles. The molecule has 4 rings (SSSR count). The van der Waals surface area contributed by atoms with Crippen molar-refractivity contribution in [3.63, 3.8) is 0 Å². The zero-order valence-corrected chi connectivity index (χ0v) is 15.5. The number of thiophene rings is 1. The number of hydrogen-bond acceptors (Lipinski definition) is 5. The molecule has 0 radical (unpaired) electrons. The Hall–Kier alpha value is -2.80. The van der Waals surface area contributed by atoms with Crippen LogP contribution >= 0.6 is 11.3 Å². The molecule has 0 spiro atoms. The van der Waals surface area contributed by atoms with Gasteiger partial charge in [0.15, 0.2) is 0 Å². The number of aromatic nitrogens is 2. The second-order valence-electron chi connectivity index (χ2n) is 6.48. The summed E-state index contributed by atoms with van der Waals surface area (Å²) >= 11 is 1.41. The van der Waals surface area contributed by atoms with Gasteiger partial charge in [0.25, 0.3) is 5.91 Å². The summed E-state index contributed by atoms with van der Waals surface area (Å²) in [5.41, 5.74) is 0.908. The van der Waals surface area contributed by atoms with Crippen molar-refractivity contribution < 1.29 is 9.18 Å². The Morgan fingerprint density at radius 2 is 1.93 bits per heavy atom. The number of anilines is 1. The quantitative estimate of drug-likeness (QED) is 0.747. The van der Waals surface area contributed by atoms with E-state index in [1.54, 1.807) is 30.6 Å². The maximum atomic E-state index is 13.1. The van der Waals surface area contributed by atoms with Gasteiger partial charge in [0.1, 0.15) is 5.82 Å². The van der Waals surface area contributed by atoms with Gasteiger partial charge in [-0.3, -0.25) is 4.79 Å². The van der Waals surface area contributed by atoms with E-state index in [9.17, 15) is 9.18 Å². The third-order valence-corrected chi connectivity index (χ3v) is 5.68. The third-order valence-electron chi connectivity index (χ3n) is 4.55. The van der Waals surface area contributed by atoms with Gasteiger partial charge >= 0.3 is 0 Å². The van der Waals surface area contributed by atoms with Crippen molar-refractivity contribution in [1.29, 1.82) is 0 Å². The molecule has 1 amide bonds. The fourth-order valence-corrected chi connectivity index (χ4v) is 4.13. The lowest BCUT2D eigenvalue weighted by Gasteiger charge is -2.32. The van der Waals surface area contributed by atoms with Gasteiger partial charge < -0.3 is 10.2 Å². The number of halogens is 1. The molecule has 1 aliphatic rings. The maximum absolute atomic E-state index is 13.1. The number of piperidine rings is 1. The van der Waals surface area contributed by atoms with Crippen LogP contribution in [-0.4, -0.2) is 35.0 Å². The van der Waals surface area contributed by atoms with Gasteiger partial charge in [-0.25, -0.2) is 14.4 Å². The smallest absolute Gasteiger partial charge is 0.261 e. The van der Waals surface area contributed by atoms with E-state index < -0.39 is 0 Å². The first-order valence-electron chi connectivity index (χ1n) is 8.87. The van der Waals surface area contributed by atoms with E-state index in [2.05, 4.69) is 20.2 Å². The topological polar surface area (TPSA) is 58.1 Å². The van der Waals surface area contributed by atoms with Crippen molar-refractivity contribution in [3.8, 4) is 10.4 Å². The van der Waals surface area contributed by atoms with E-state index in [-0.39, 0.29) is 17.8 Å². The number of rotatable bonds is 4. The minimum atomic E-state index is -0.266. The minimum absolute atomic E-state index is 0.0615. The minimum Gasteiger partial charge on any atom is -0.347 e. The lowest BCUT2D eigenvalue weighted by atomic mass is 10.1. The first kappa shape index (κ1) is 17.6. The van der Waals surface area contributed by atoms with E-state index in [0.29, 0.717) is 17.4 Å². The highest BCUT2D eigenvalue weighted by Gasteiger charge is 2.23. The highest BCUT2D eigenvalue weighted by molar-refractivity contribution is 7.17. The maximum Gasteiger partial charge on any atom is 0.261 e. The Morgan fingerprint density at radius 1 is 1.15 bits per heavy atom. The molecule has 0 bridgehead atoms. The Morgan fingerprint density at radius 3 is 2.70 bits per heavy atom. The van der Waals surface area contributed by atoms with Crippen LogP contribution in [0.2, 0.25) is 0 Å². The Kier molecular flexibility index (Phi) is 5.11. The summed E-state index contributed by atoms with van der Waals surface area (Å²) in [6, 6.07) is 11.9. The van der Waals surface area contributed by atoms with Crippen LogP contribution in [0.5, 0.6) is 0 Å². The van der Waals surface area contributed by atoms with Gasteiger partial charge in [-0.15, -0.1) is 11.3 Å². The van der Waals surface area contributed by atoms with Crippen LogP contribution in [0.15, 0.2) is 54.9 Å². The molecule has 0 saturated carbocycles. The first-order chi connectivity index (χ1) is 13.2. The highest BCUT2D eigenvalue weighted by Crippen LogP contribution is 2.28. The SMILES string of the molecule is O=C(NC1CCCN(c2ncccn2)C1)c1ccc(-c2ccc(F)cc2)s1. The molecule has 2 aromatic heterocycles. The van der Waals surface area contributed by atoms with E-state index in [0.717, 1.165) is 29.8 Å². The van der Waals surface area contributed by atoms with Gasteiger partial charge in [-0.05, 0) is 48.7 Å².